The minimum atomic E-state index is -0.674. The number of allylic oxidation sites excluding steroid dienone is 4. The van der Waals surface area contributed by atoms with Crippen molar-refractivity contribution >= 4 is 5.57 Å². The van der Waals surface area contributed by atoms with Gasteiger partial charge >= 0.3 is 0 Å². The maximum Gasteiger partial charge on any atom is 0.166 e. The smallest absolute Gasteiger partial charge is 0.166 e. The quantitative estimate of drug-likeness (QED) is 0.430. The Morgan fingerprint density at radius 1 is 1.04 bits per heavy atom. The summed E-state index contributed by atoms with van der Waals surface area (Å²) in [4.78, 5) is 0. The molecule has 0 fully saturated rings. The van der Waals surface area contributed by atoms with Gasteiger partial charge in [-0.15, -0.1) is 0 Å². The Labute approximate surface area is 168 Å². The van der Waals surface area contributed by atoms with Gasteiger partial charge in [0.15, 0.2) is 11.6 Å². The van der Waals surface area contributed by atoms with Crippen LogP contribution in [0.2, 0.25) is 0 Å². The van der Waals surface area contributed by atoms with E-state index in [4.69, 9.17) is 0 Å². The van der Waals surface area contributed by atoms with Crippen LogP contribution in [0.4, 0.5) is 8.78 Å². The van der Waals surface area contributed by atoms with Crippen LogP contribution in [0.3, 0.4) is 0 Å². The van der Waals surface area contributed by atoms with Crippen LogP contribution in [0.25, 0.3) is 5.57 Å². The highest BCUT2D eigenvalue weighted by molar-refractivity contribution is 5.67. The van der Waals surface area contributed by atoms with Crippen molar-refractivity contribution in [1.29, 1.82) is 0 Å². The SMILES string of the molecule is CC=CCc1ccc(C2CC=C(c3ccc(CCCC)c(F)c3F)CC2)cc1. The molecule has 1 aliphatic carbocycles. The third kappa shape index (κ3) is 4.79. The fourth-order valence-electron chi connectivity index (χ4n) is 3.96. The van der Waals surface area contributed by atoms with Crippen LogP contribution >= 0.6 is 0 Å². The van der Waals surface area contributed by atoms with Crippen molar-refractivity contribution in [2.45, 2.75) is 64.7 Å². The second kappa shape index (κ2) is 9.82. The summed E-state index contributed by atoms with van der Waals surface area (Å²) in [5, 5.41) is 0. The van der Waals surface area contributed by atoms with Gasteiger partial charge in [0.2, 0.25) is 0 Å². The standard InChI is InChI=1S/C26H30F2/c1-3-5-7-19-9-11-20(12-10-19)21-13-15-22(16-14-21)24-18-17-23(8-6-4-2)25(27)26(24)28/h3,5,9-12,15,17-18,21H,4,6-8,13-14,16H2,1-2H3. The van der Waals surface area contributed by atoms with Crippen molar-refractivity contribution < 1.29 is 8.78 Å². The lowest BCUT2D eigenvalue weighted by Gasteiger charge is -2.23. The molecule has 0 spiro atoms. The van der Waals surface area contributed by atoms with Gasteiger partial charge in [-0.25, -0.2) is 8.78 Å². The Kier molecular flexibility index (Phi) is 7.19. The van der Waals surface area contributed by atoms with Crippen LogP contribution in [-0.2, 0) is 12.8 Å². The molecule has 0 bridgehead atoms. The predicted molar refractivity (Wildman–Crippen MR) is 114 cm³/mol. The summed E-state index contributed by atoms with van der Waals surface area (Å²) in [7, 11) is 0. The largest absolute Gasteiger partial charge is 0.203 e. The lowest BCUT2D eigenvalue weighted by molar-refractivity contribution is 0.493. The number of hydrogen-bond donors (Lipinski definition) is 0. The van der Waals surface area contributed by atoms with Crippen molar-refractivity contribution in [3.63, 3.8) is 0 Å². The zero-order chi connectivity index (χ0) is 19.9. The number of rotatable bonds is 7. The van der Waals surface area contributed by atoms with Gasteiger partial charge in [0, 0.05) is 5.56 Å². The number of halogens is 2. The Balaban J connectivity index is 1.70. The van der Waals surface area contributed by atoms with E-state index in [2.05, 4.69) is 49.4 Å². The minimum Gasteiger partial charge on any atom is -0.203 e. The van der Waals surface area contributed by atoms with Crippen LogP contribution in [-0.4, -0.2) is 0 Å². The molecule has 148 valence electrons. The molecule has 3 rings (SSSR count). The van der Waals surface area contributed by atoms with Crippen LogP contribution in [0.5, 0.6) is 0 Å². The molecule has 0 saturated heterocycles. The van der Waals surface area contributed by atoms with E-state index >= 15 is 0 Å². The number of aryl methyl sites for hydroxylation is 1. The zero-order valence-electron chi connectivity index (χ0n) is 17.0. The second-order valence-electron chi connectivity index (χ2n) is 7.72. The summed E-state index contributed by atoms with van der Waals surface area (Å²) in [6.45, 7) is 4.09. The summed E-state index contributed by atoms with van der Waals surface area (Å²) in [6.07, 6.45) is 12.4. The third-order valence-corrected chi connectivity index (χ3v) is 5.76. The summed E-state index contributed by atoms with van der Waals surface area (Å²) in [5.74, 6) is -0.881. The molecule has 2 heteroatoms. The predicted octanol–water partition coefficient (Wildman–Crippen LogP) is 7.78. The van der Waals surface area contributed by atoms with E-state index in [1.807, 2.05) is 6.92 Å². The van der Waals surface area contributed by atoms with Gasteiger partial charge in [-0.1, -0.05) is 68.0 Å². The topological polar surface area (TPSA) is 0 Å². The molecule has 0 radical (unpaired) electrons. The molecular weight excluding hydrogens is 350 g/mol. The summed E-state index contributed by atoms with van der Waals surface area (Å²) < 4.78 is 29.0. The van der Waals surface area contributed by atoms with Crippen molar-refractivity contribution in [2.75, 3.05) is 0 Å². The molecule has 2 aromatic carbocycles. The molecule has 28 heavy (non-hydrogen) atoms. The third-order valence-electron chi connectivity index (χ3n) is 5.76. The van der Waals surface area contributed by atoms with Crippen LogP contribution < -0.4 is 0 Å². The molecule has 0 saturated carbocycles. The highest BCUT2D eigenvalue weighted by Crippen LogP contribution is 2.37. The number of hydrogen-bond acceptors (Lipinski definition) is 0. The Morgan fingerprint density at radius 2 is 1.82 bits per heavy atom. The Morgan fingerprint density at radius 3 is 2.46 bits per heavy atom. The maximum absolute atomic E-state index is 14.6. The fourth-order valence-corrected chi connectivity index (χ4v) is 3.96. The van der Waals surface area contributed by atoms with E-state index in [0.29, 0.717) is 23.5 Å². The zero-order valence-corrected chi connectivity index (χ0v) is 17.0. The van der Waals surface area contributed by atoms with Gasteiger partial charge in [0.25, 0.3) is 0 Å². The van der Waals surface area contributed by atoms with Gasteiger partial charge in [-0.05, 0) is 73.6 Å². The molecule has 0 nitrogen and oxygen atoms in total. The average Bonchev–Trinajstić information content (AvgIpc) is 2.74. The monoisotopic (exact) mass is 380 g/mol. The molecule has 1 atom stereocenters. The van der Waals surface area contributed by atoms with Gasteiger partial charge in [-0.2, -0.15) is 0 Å². The maximum atomic E-state index is 14.6. The van der Waals surface area contributed by atoms with E-state index in [1.165, 1.54) is 11.1 Å². The van der Waals surface area contributed by atoms with E-state index in [1.54, 1.807) is 12.1 Å². The minimum absolute atomic E-state index is 0.442. The highest BCUT2D eigenvalue weighted by Gasteiger charge is 2.21. The van der Waals surface area contributed by atoms with E-state index in [9.17, 15) is 8.78 Å². The normalized spacial score (nSPS) is 17.1. The molecule has 0 heterocycles. The molecule has 0 aliphatic heterocycles. The second-order valence-corrected chi connectivity index (χ2v) is 7.72. The van der Waals surface area contributed by atoms with E-state index in [-0.39, 0.29) is 0 Å². The lowest BCUT2D eigenvalue weighted by Crippen LogP contribution is -2.06. The molecule has 1 unspecified atom stereocenters. The number of unbranched alkanes of at least 4 members (excludes halogenated alkanes) is 1. The van der Waals surface area contributed by atoms with Crippen molar-refractivity contribution in [3.05, 3.63) is 88.5 Å². The van der Waals surface area contributed by atoms with Crippen LogP contribution in [0, 0.1) is 11.6 Å². The van der Waals surface area contributed by atoms with E-state index in [0.717, 1.165) is 44.1 Å². The van der Waals surface area contributed by atoms with Crippen LogP contribution in [0.1, 0.15) is 74.1 Å². The summed E-state index contributed by atoms with van der Waals surface area (Å²) >= 11 is 0. The Hall–Kier alpha value is -2.22. The number of benzene rings is 2. The molecule has 1 aliphatic rings. The Bertz CT molecular complexity index is 843. The molecular formula is C26H30F2. The van der Waals surface area contributed by atoms with Crippen LogP contribution in [0.15, 0.2) is 54.6 Å². The fraction of sp³-hybridized carbons (Fsp3) is 0.385. The summed E-state index contributed by atoms with van der Waals surface area (Å²) in [6, 6.07) is 12.3. The first-order valence-corrected chi connectivity index (χ1v) is 10.5. The average molecular weight is 381 g/mol. The highest BCUT2D eigenvalue weighted by atomic mass is 19.2. The molecule has 0 N–H and O–H groups in total. The van der Waals surface area contributed by atoms with Crippen molar-refractivity contribution in [3.8, 4) is 0 Å². The van der Waals surface area contributed by atoms with Gasteiger partial charge in [-0.3, -0.25) is 0 Å². The first-order chi connectivity index (χ1) is 13.6. The lowest BCUT2D eigenvalue weighted by atomic mass is 9.82. The van der Waals surface area contributed by atoms with Gasteiger partial charge < -0.3 is 0 Å². The van der Waals surface area contributed by atoms with Gasteiger partial charge in [0.1, 0.15) is 0 Å². The van der Waals surface area contributed by atoms with E-state index < -0.39 is 11.6 Å². The first kappa shape index (κ1) is 20.5. The molecule has 0 amide bonds. The van der Waals surface area contributed by atoms with Gasteiger partial charge in [0.05, 0.1) is 0 Å². The summed E-state index contributed by atoms with van der Waals surface area (Å²) in [5.41, 5.74) is 4.53. The van der Waals surface area contributed by atoms with Crippen molar-refractivity contribution in [1.82, 2.24) is 0 Å². The molecule has 2 aromatic rings. The van der Waals surface area contributed by atoms with Crippen molar-refractivity contribution in [2.24, 2.45) is 0 Å². The molecule has 0 aromatic heterocycles. The first-order valence-electron chi connectivity index (χ1n) is 10.5.